The molecule has 1 aliphatic heterocycles. The molecule has 1 aromatic rings. The zero-order chi connectivity index (χ0) is 20.9. The molecular formula is C23H40IN3O3. The maximum absolute atomic E-state index is 6.10. The van der Waals surface area contributed by atoms with Gasteiger partial charge in [0.15, 0.2) is 5.96 Å². The van der Waals surface area contributed by atoms with Gasteiger partial charge in [-0.1, -0.05) is 19.1 Å². The zero-order valence-electron chi connectivity index (χ0n) is 19.0. The van der Waals surface area contributed by atoms with E-state index in [1.54, 1.807) is 0 Å². The first-order chi connectivity index (χ1) is 14.1. The Bertz CT molecular complexity index is 622. The fourth-order valence-electron chi connectivity index (χ4n) is 3.05. The first-order valence-corrected chi connectivity index (χ1v) is 11.1. The number of rotatable bonds is 12. The van der Waals surface area contributed by atoms with Crippen molar-refractivity contribution in [2.75, 3.05) is 39.5 Å². The predicted molar refractivity (Wildman–Crippen MR) is 134 cm³/mol. The van der Waals surface area contributed by atoms with Gasteiger partial charge < -0.3 is 24.8 Å². The number of ether oxygens (including phenoxy) is 3. The van der Waals surface area contributed by atoms with Crippen LogP contribution in [0.1, 0.15) is 51.2 Å². The highest BCUT2D eigenvalue weighted by Gasteiger charge is 2.15. The van der Waals surface area contributed by atoms with E-state index in [4.69, 9.17) is 19.2 Å². The normalized spacial score (nSPS) is 17.3. The number of guanidine groups is 1. The van der Waals surface area contributed by atoms with Gasteiger partial charge in [-0.15, -0.1) is 24.0 Å². The van der Waals surface area contributed by atoms with Crippen LogP contribution in [-0.2, 0) is 16.0 Å². The summed E-state index contributed by atoms with van der Waals surface area (Å²) in [6.07, 6.45) is 3.25. The van der Waals surface area contributed by atoms with E-state index < -0.39 is 0 Å². The van der Waals surface area contributed by atoms with E-state index in [2.05, 4.69) is 56.5 Å². The molecule has 2 unspecified atom stereocenters. The molecule has 0 bridgehead atoms. The molecule has 1 fully saturated rings. The highest BCUT2D eigenvalue weighted by Crippen LogP contribution is 2.23. The maximum Gasteiger partial charge on any atom is 0.191 e. The molecule has 1 saturated heterocycles. The summed E-state index contributed by atoms with van der Waals surface area (Å²) < 4.78 is 17.2. The smallest absolute Gasteiger partial charge is 0.191 e. The van der Waals surface area contributed by atoms with Gasteiger partial charge in [-0.05, 0) is 51.7 Å². The zero-order valence-corrected chi connectivity index (χ0v) is 21.4. The van der Waals surface area contributed by atoms with Crippen LogP contribution < -0.4 is 15.4 Å². The van der Waals surface area contributed by atoms with Crippen LogP contribution in [-0.4, -0.2) is 51.6 Å². The molecule has 7 heteroatoms. The summed E-state index contributed by atoms with van der Waals surface area (Å²) in [6.45, 7) is 13.9. The molecule has 172 valence electrons. The summed E-state index contributed by atoms with van der Waals surface area (Å²) in [5, 5.41) is 6.71. The van der Waals surface area contributed by atoms with E-state index >= 15 is 0 Å². The number of nitrogens with one attached hydrogen (secondary N) is 2. The van der Waals surface area contributed by atoms with Crippen LogP contribution in [0, 0.1) is 12.8 Å². The Balaban J connectivity index is 0.00000450. The Kier molecular flexibility index (Phi) is 14.1. The van der Waals surface area contributed by atoms with E-state index in [9.17, 15) is 0 Å². The predicted octanol–water partition coefficient (Wildman–Crippen LogP) is 4.29. The molecule has 30 heavy (non-hydrogen) atoms. The van der Waals surface area contributed by atoms with Gasteiger partial charge in [0.2, 0.25) is 0 Å². The lowest BCUT2D eigenvalue weighted by molar-refractivity contribution is 0.0888. The summed E-state index contributed by atoms with van der Waals surface area (Å²) in [5.41, 5.74) is 2.31. The van der Waals surface area contributed by atoms with E-state index in [-0.39, 0.29) is 30.1 Å². The van der Waals surface area contributed by atoms with Gasteiger partial charge in [0.1, 0.15) is 5.75 Å². The lowest BCUT2D eigenvalue weighted by Gasteiger charge is -2.17. The third kappa shape index (κ3) is 10.3. The monoisotopic (exact) mass is 533 g/mol. The third-order valence-electron chi connectivity index (χ3n) is 5.01. The Morgan fingerprint density at radius 1 is 1.30 bits per heavy atom. The van der Waals surface area contributed by atoms with Crippen LogP contribution >= 0.6 is 24.0 Å². The maximum atomic E-state index is 6.10. The van der Waals surface area contributed by atoms with Gasteiger partial charge in [0.05, 0.1) is 25.9 Å². The molecule has 0 spiro atoms. The number of hydrogen-bond acceptors (Lipinski definition) is 4. The number of nitrogens with zero attached hydrogens (tertiary/aromatic N) is 1. The van der Waals surface area contributed by atoms with Crippen molar-refractivity contribution in [3.63, 3.8) is 0 Å². The van der Waals surface area contributed by atoms with Gasteiger partial charge in [0, 0.05) is 37.8 Å². The molecule has 1 aliphatic rings. The summed E-state index contributed by atoms with van der Waals surface area (Å²) >= 11 is 0. The number of benzene rings is 1. The van der Waals surface area contributed by atoms with Gasteiger partial charge in [-0.25, -0.2) is 4.99 Å². The van der Waals surface area contributed by atoms with Crippen LogP contribution in [0.3, 0.4) is 0 Å². The van der Waals surface area contributed by atoms with Crippen molar-refractivity contribution in [3.05, 3.63) is 29.3 Å². The molecule has 0 aliphatic carbocycles. The molecule has 0 saturated carbocycles. The molecule has 0 amide bonds. The summed E-state index contributed by atoms with van der Waals surface area (Å²) in [6, 6.07) is 6.33. The van der Waals surface area contributed by atoms with E-state index in [1.165, 1.54) is 5.56 Å². The number of hydrogen-bond donors (Lipinski definition) is 2. The molecule has 0 aromatic heterocycles. The van der Waals surface area contributed by atoms with Gasteiger partial charge in [-0.2, -0.15) is 0 Å². The van der Waals surface area contributed by atoms with Gasteiger partial charge >= 0.3 is 0 Å². The Hall–Kier alpha value is -1.06. The van der Waals surface area contributed by atoms with Crippen molar-refractivity contribution in [1.29, 1.82) is 0 Å². The largest absolute Gasteiger partial charge is 0.490 e. The van der Waals surface area contributed by atoms with Gasteiger partial charge in [-0.3, -0.25) is 0 Å². The fourth-order valence-corrected chi connectivity index (χ4v) is 3.05. The van der Waals surface area contributed by atoms with Crippen LogP contribution in [0.15, 0.2) is 23.2 Å². The first-order valence-electron chi connectivity index (χ1n) is 11.1. The second-order valence-corrected chi connectivity index (χ2v) is 7.73. The standard InChI is InChI=1S/C23H39N3O3.HI/c1-5-19(4)29-22-14-18(3)8-9-21(22)15-26-23(24-6-2)25-11-7-12-27-16-20-10-13-28-17-20;/h8-9,14,19-20H,5-7,10-13,15-17H2,1-4H3,(H2,24,25,26);1H. The highest BCUT2D eigenvalue weighted by atomic mass is 127. The van der Waals surface area contributed by atoms with Crippen molar-refractivity contribution >= 4 is 29.9 Å². The molecule has 2 atom stereocenters. The van der Waals surface area contributed by atoms with E-state index in [0.29, 0.717) is 12.5 Å². The highest BCUT2D eigenvalue weighted by molar-refractivity contribution is 14.0. The van der Waals surface area contributed by atoms with Crippen molar-refractivity contribution in [2.24, 2.45) is 10.9 Å². The average molecular weight is 533 g/mol. The SMILES string of the molecule is CCNC(=NCc1ccc(C)cc1OC(C)CC)NCCCOCC1CCOC1.I. The summed E-state index contributed by atoms with van der Waals surface area (Å²) in [4.78, 5) is 4.75. The van der Waals surface area contributed by atoms with Crippen LogP contribution in [0.25, 0.3) is 0 Å². The minimum absolute atomic E-state index is 0. The molecular weight excluding hydrogens is 493 g/mol. The molecule has 2 N–H and O–H groups in total. The van der Waals surface area contributed by atoms with Crippen molar-refractivity contribution in [1.82, 2.24) is 10.6 Å². The Morgan fingerprint density at radius 2 is 2.13 bits per heavy atom. The minimum atomic E-state index is 0. The van der Waals surface area contributed by atoms with Crippen molar-refractivity contribution in [2.45, 2.75) is 59.6 Å². The van der Waals surface area contributed by atoms with Crippen LogP contribution in [0.5, 0.6) is 5.75 Å². The second-order valence-electron chi connectivity index (χ2n) is 7.73. The second kappa shape index (κ2) is 15.7. The minimum Gasteiger partial charge on any atom is -0.490 e. The Morgan fingerprint density at radius 3 is 2.83 bits per heavy atom. The first kappa shape index (κ1) is 27.0. The summed E-state index contributed by atoms with van der Waals surface area (Å²) in [7, 11) is 0. The molecule has 6 nitrogen and oxygen atoms in total. The third-order valence-corrected chi connectivity index (χ3v) is 5.01. The number of halogens is 1. The van der Waals surface area contributed by atoms with Crippen molar-refractivity contribution in [3.8, 4) is 5.75 Å². The Labute approximate surface area is 199 Å². The van der Waals surface area contributed by atoms with Crippen LogP contribution in [0.4, 0.5) is 0 Å². The fraction of sp³-hybridized carbons (Fsp3) is 0.696. The lowest BCUT2D eigenvalue weighted by atomic mass is 10.1. The average Bonchev–Trinajstić information content (AvgIpc) is 3.23. The van der Waals surface area contributed by atoms with E-state index in [1.807, 2.05) is 0 Å². The number of aliphatic imine (C=N–C) groups is 1. The molecule has 1 aromatic carbocycles. The molecule has 1 heterocycles. The van der Waals surface area contributed by atoms with Gasteiger partial charge in [0.25, 0.3) is 0 Å². The van der Waals surface area contributed by atoms with Crippen molar-refractivity contribution < 1.29 is 14.2 Å². The van der Waals surface area contributed by atoms with E-state index in [0.717, 1.165) is 76.1 Å². The topological polar surface area (TPSA) is 64.1 Å². The van der Waals surface area contributed by atoms with Crippen LogP contribution in [0.2, 0.25) is 0 Å². The molecule has 2 rings (SSSR count). The lowest BCUT2D eigenvalue weighted by Crippen LogP contribution is -2.38. The quantitative estimate of drug-likeness (QED) is 0.182. The molecule has 0 radical (unpaired) electrons. The number of aryl methyl sites for hydroxylation is 1. The summed E-state index contributed by atoms with van der Waals surface area (Å²) in [5.74, 6) is 2.33.